The van der Waals surface area contributed by atoms with Gasteiger partial charge in [-0.05, 0) is 29.7 Å². The highest BCUT2D eigenvalue weighted by Gasteiger charge is 2.21. The number of hydrogen-bond donors (Lipinski definition) is 1. The highest BCUT2D eigenvalue weighted by atomic mass is 32.1. The predicted octanol–water partition coefficient (Wildman–Crippen LogP) is 4.11. The lowest BCUT2D eigenvalue weighted by Crippen LogP contribution is -2.12. The van der Waals surface area contributed by atoms with Gasteiger partial charge in [0.15, 0.2) is 0 Å². The number of hydrogen-bond acceptors (Lipinski definition) is 4. The number of rotatable bonds is 4. The van der Waals surface area contributed by atoms with Gasteiger partial charge in [0.2, 0.25) is 0 Å². The summed E-state index contributed by atoms with van der Waals surface area (Å²) in [6, 6.07) is 9.84. The van der Waals surface area contributed by atoms with Gasteiger partial charge in [-0.1, -0.05) is 20.8 Å². The third-order valence-electron chi connectivity index (χ3n) is 3.45. The molecule has 0 aliphatic carbocycles. The summed E-state index contributed by atoms with van der Waals surface area (Å²) in [5.41, 5.74) is 7.55. The Morgan fingerprint density at radius 1 is 1.05 bits per heavy atom. The molecule has 4 heteroatoms. The monoisotopic (exact) mass is 305 g/mol. The molecule has 0 radical (unpaired) electrons. The Morgan fingerprint density at radius 2 is 1.76 bits per heavy atom. The van der Waals surface area contributed by atoms with Crippen LogP contribution in [-0.2, 0) is 5.41 Å². The highest BCUT2D eigenvalue weighted by Crippen LogP contribution is 2.37. The van der Waals surface area contributed by atoms with Crippen LogP contribution in [0.25, 0.3) is 0 Å². The van der Waals surface area contributed by atoms with E-state index in [4.69, 9.17) is 15.2 Å². The molecule has 0 amide bonds. The average molecular weight is 305 g/mol. The number of thiophene rings is 1. The van der Waals surface area contributed by atoms with Crippen molar-refractivity contribution in [3.05, 3.63) is 45.6 Å². The first-order valence-electron chi connectivity index (χ1n) is 6.94. The first-order valence-corrected chi connectivity index (χ1v) is 7.76. The molecule has 0 bridgehead atoms. The number of nitrogens with two attached hydrogens (primary N) is 1. The second kappa shape index (κ2) is 6.08. The van der Waals surface area contributed by atoms with Gasteiger partial charge < -0.3 is 15.2 Å². The smallest absolute Gasteiger partial charge is 0.127 e. The number of ether oxygens (including phenoxy) is 2. The summed E-state index contributed by atoms with van der Waals surface area (Å²) >= 11 is 1.76. The number of benzene rings is 1. The van der Waals surface area contributed by atoms with Crippen molar-refractivity contribution in [2.45, 2.75) is 32.2 Å². The van der Waals surface area contributed by atoms with E-state index in [0.717, 1.165) is 21.9 Å². The largest absolute Gasteiger partial charge is 0.497 e. The lowest BCUT2D eigenvalue weighted by atomic mass is 9.95. The summed E-state index contributed by atoms with van der Waals surface area (Å²) < 4.78 is 10.7. The second-order valence-corrected chi connectivity index (χ2v) is 7.15. The highest BCUT2D eigenvalue weighted by molar-refractivity contribution is 7.12. The van der Waals surface area contributed by atoms with Gasteiger partial charge in [0.05, 0.1) is 20.3 Å². The molecule has 21 heavy (non-hydrogen) atoms. The molecular formula is C17H23NO2S. The van der Waals surface area contributed by atoms with Crippen LogP contribution in [0.2, 0.25) is 0 Å². The molecule has 0 saturated heterocycles. The Kier molecular flexibility index (Phi) is 4.59. The summed E-state index contributed by atoms with van der Waals surface area (Å²) in [6.07, 6.45) is 0. The zero-order chi connectivity index (χ0) is 15.6. The van der Waals surface area contributed by atoms with E-state index >= 15 is 0 Å². The quantitative estimate of drug-likeness (QED) is 0.924. The molecule has 0 fully saturated rings. The Morgan fingerprint density at radius 3 is 2.29 bits per heavy atom. The normalized spacial score (nSPS) is 13.0. The van der Waals surface area contributed by atoms with Crippen LogP contribution in [0.3, 0.4) is 0 Å². The summed E-state index contributed by atoms with van der Waals surface area (Å²) in [7, 11) is 3.29. The lowest BCUT2D eigenvalue weighted by molar-refractivity contribution is 0.390. The van der Waals surface area contributed by atoms with Crippen LogP contribution in [0.15, 0.2) is 30.3 Å². The van der Waals surface area contributed by atoms with Crippen molar-refractivity contribution in [2.24, 2.45) is 5.73 Å². The molecule has 114 valence electrons. The van der Waals surface area contributed by atoms with E-state index < -0.39 is 0 Å². The van der Waals surface area contributed by atoms with Gasteiger partial charge in [0, 0.05) is 21.4 Å². The van der Waals surface area contributed by atoms with Gasteiger partial charge in [-0.3, -0.25) is 0 Å². The molecule has 1 atom stereocenters. The van der Waals surface area contributed by atoms with E-state index in [9.17, 15) is 0 Å². The molecule has 1 aromatic carbocycles. The topological polar surface area (TPSA) is 44.5 Å². The van der Waals surface area contributed by atoms with Crippen molar-refractivity contribution < 1.29 is 9.47 Å². The van der Waals surface area contributed by atoms with Crippen molar-refractivity contribution in [1.82, 2.24) is 0 Å². The third kappa shape index (κ3) is 3.39. The van der Waals surface area contributed by atoms with E-state index in [1.54, 1.807) is 25.6 Å². The Hall–Kier alpha value is -1.52. The van der Waals surface area contributed by atoms with E-state index in [0.29, 0.717) is 0 Å². The summed E-state index contributed by atoms with van der Waals surface area (Å²) in [5, 5.41) is 0. The molecule has 1 heterocycles. The van der Waals surface area contributed by atoms with Crippen LogP contribution >= 0.6 is 11.3 Å². The molecule has 2 aromatic rings. The van der Waals surface area contributed by atoms with Crippen LogP contribution in [-0.4, -0.2) is 14.2 Å². The standard InChI is InChI=1S/C17H23NO2S/c1-17(2,3)15-9-8-14(21-15)16(18)12-7-6-11(19-4)10-13(12)20-5/h6-10,16H,18H2,1-5H3. The van der Waals surface area contributed by atoms with Crippen molar-refractivity contribution in [3.63, 3.8) is 0 Å². The van der Waals surface area contributed by atoms with Crippen LogP contribution in [0, 0.1) is 0 Å². The molecule has 1 aromatic heterocycles. The molecule has 3 nitrogen and oxygen atoms in total. The van der Waals surface area contributed by atoms with Crippen LogP contribution < -0.4 is 15.2 Å². The molecular weight excluding hydrogens is 282 g/mol. The van der Waals surface area contributed by atoms with Crippen LogP contribution in [0.5, 0.6) is 11.5 Å². The van der Waals surface area contributed by atoms with Crippen molar-refractivity contribution >= 4 is 11.3 Å². The van der Waals surface area contributed by atoms with Gasteiger partial charge in [0.1, 0.15) is 11.5 Å². The summed E-state index contributed by atoms with van der Waals surface area (Å²) in [5.74, 6) is 1.52. The minimum Gasteiger partial charge on any atom is -0.497 e. The van der Waals surface area contributed by atoms with E-state index in [-0.39, 0.29) is 11.5 Å². The van der Waals surface area contributed by atoms with Crippen LogP contribution in [0.1, 0.15) is 42.1 Å². The maximum Gasteiger partial charge on any atom is 0.127 e. The zero-order valence-electron chi connectivity index (χ0n) is 13.3. The first-order chi connectivity index (χ1) is 9.86. The molecule has 2 rings (SSSR count). The summed E-state index contributed by atoms with van der Waals surface area (Å²) in [6.45, 7) is 6.63. The van der Waals surface area contributed by atoms with Gasteiger partial charge in [-0.25, -0.2) is 0 Å². The molecule has 0 saturated carbocycles. The zero-order valence-corrected chi connectivity index (χ0v) is 14.1. The molecule has 0 aliphatic rings. The molecule has 1 unspecified atom stereocenters. The Balaban J connectivity index is 2.35. The van der Waals surface area contributed by atoms with Gasteiger partial charge >= 0.3 is 0 Å². The summed E-state index contributed by atoms with van der Waals surface area (Å²) in [4.78, 5) is 2.48. The minimum absolute atomic E-state index is 0.145. The fourth-order valence-electron chi connectivity index (χ4n) is 2.15. The average Bonchev–Trinajstić information content (AvgIpc) is 2.95. The van der Waals surface area contributed by atoms with E-state index in [1.807, 2.05) is 18.2 Å². The minimum atomic E-state index is -0.188. The molecule has 2 N–H and O–H groups in total. The molecule has 0 aliphatic heterocycles. The predicted molar refractivity (Wildman–Crippen MR) is 88.6 cm³/mol. The Bertz CT molecular complexity index is 613. The van der Waals surface area contributed by atoms with Crippen LogP contribution in [0.4, 0.5) is 0 Å². The number of methoxy groups -OCH3 is 2. The second-order valence-electron chi connectivity index (χ2n) is 6.04. The molecule has 0 spiro atoms. The van der Waals surface area contributed by atoms with Gasteiger partial charge in [-0.15, -0.1) is 11.3 Å². The third-order valence-corrected chi connectivity index (χ3v) is 5.04. The van der Waals surface area contributed by atoms with Crippen molar-refractivity contribution in [1.29, 1.82) is 0 Å². The maximum atomic E-state index is 6.43. The SMILES string of the molecule is COc1ccc(C(N)c2ccc(C(C)(C)C)s2)c(OC)c1. The van der Waals surface area contributed by atoms with Crippen molar-refractivity contribution in [2.75, 3.05) is 14.2 Å². The fraction of sp³-hybridized carbons (Fsp3) is 0.412. The van der Waals surface area contributed by atoms with Gasteiger partial charge in [0.25, 0.3) is 0 Å². The maximum absolute atomic E-state index is 6.43. The van der Waals surface area contributed by atoms with E-state index in [1.165, 1.54) is 4.88 Å². The lowest BCUT2D eigenvalue weighted by Gasteiger charge is -2.17. The van der Waals surface area contributed by atoms with Gasteiger partial charge in [-0.2, -0.15) is 0 Å². The fourth-order valence-corrected chi connectivity index (χ4v) is 3.24. The van der Waals surface area contributed by atoms with E-state index in [2.05, 4.69) is 32.9 Å². The Labute approximate surface area is 130 Å². The first kappa shape index (κ1) is 15.9. The van der Waals surface area contributed by atoms with Crippen molar-refractivity contribution in [3.8, 4) is 11.5 Å².